The van der Waals surface area contributed by atoms with Crippen LogP contribution >= 0.6 is 0 Å². The number of nitrogens with one attached hydrogen (secondary N) is 1. The topological polar surface area (TPSA) is 75.7 Å². The van der Waals surface area contributed by atoms with Crippen molar-refractivity contribution in [3.05, 3.63) is 71.5 Å². The number of benzene rings is 2. The largest absolute Gasteiger partial charge is 0.368 e. The summed E-state index contributed by atoms with van der Waals surface area (Å²) in [7, 11) is 0. The number of halogens is 1. The molecular weight excluding hydrogens is 375 g/mol. The van der Waals surface area contributed by atoms with E-state index in [1.54, 1.807) is 42.5 Å². The first kappa shape index (κ1) is 19.3. The maximum atomic E-state index is 13.3. The third-order valence-corrected chi connectivity index (χ3v) is 5.39. The Bertz CT molecular complexity index is 916. The number of likely N-dealkylation sites (tertiary alicyclic amines) is 1. The van der Waals surface area contributed by atoms with E-state index in [-0.39, 0.29) is 42.5 Å². The number of carbonyl (C=O) groups excluding carboxylic acids is 3. The smallest absolute Gasteiger partial charge is 0.251 e. The summed E-state index contributed by atoms with van der Waals surface area (Å²) < 4.78 is 18.7. The van der Waals surface area contributed by atoms with E-state index >= 15 is 0 Å². The lowest BCUT2D eigenvalue weighted by Gasteiger charge is -2.27. The van der Waals surface area contributed by atoms with Crippen LogP contribution in [0.4, 0.5) is 4.39 Å². The Hall–Kier alpha value is -3.06. The zero-order valence-corrected chi connectivity index (χ0v) is 15.7. The maximum absolute atomic E-state index is 13.3. The highest BCUT2D eigenvalue weighted by atomic mass is 19.1. The molecule has 2 aliphatic rings. The lowest BCUT2D eigenvalue weighted by Crippen LogP contribution is -2.53. The Morgan fingerprint density at radius 1 is 1.14 bits per heavy atom. The van der Waals surface area contributed by atoms with E-state index in [4.69, 9.17) is 4.74 Å². The molecule has 2 aromatic carbocycles. The molecule has 0 radical (unpaired) electrons. The Balaban J connectivity index is 1.57. The molecule has 2 heterocycles. The van der Waals surface area contributed by atoms with Gasteiger partial charge in [0.05, 0.1) is 6.10 Å². The van der Waals surface area contributed by atoms with E-state index in [1.165, 1.54) is 17.0 Å². The fourth-order valence-corrected chi connectivity index (χ4v) is 3.93. The molecule has 1 N–H and O–H groups in total. The second kappa shape index (κ2) is 8.13. The van der Waals surface area contributed by atoms with Crippen molar-refractivity contribution < 1.29 is 23.5 Å². The molecule has 2 fully saturated rings. The summed E-state index contributed by atoms with van der Waals surface area (Å²) in [5, 5.41) is 2.79. The summed E-state index contributed by atoms with van der Waals surface area (Å²) in [4.78, 5) is 39.7. The van der Waals surface area contributed by atoms with Crippen molar-refractivity contribution in [2.75, 3.05) is 13.2 Å². The quantitative estimate of drug-likeness (QED) is 0.835. The highest BCUT2D eigenvalue weighted by molar-refractivity contribution is 5.99. The fourth-order valence-electron chi connectivity index (χ4n) is 3.93. The first-order valence-corrected chi connectivity index (χ1v) is 9.58. The van der Waals surface area contributed by atoms with Crippen LogP contribution in [-0.2, 0) is 20.7 Å². The Morgan fingerprint density at radius 3 is 2.59 bits per heavy atom. The van der Waals surface area contributed by atoms with Gasteiger partial charge in [-0.2, -0.15) is 0 Å². The summed E-state index contributed by atoms with van der Waals surface area (Å²) in [6.45, 7) is 0.416. The summed E-state index contributed by atoms with van der Waals surface area (Å²) in [5.74, 6) is -1.20. The van der Waals surface area contributed by atoms with E-state index in [2.05, 4.69) is 5.32 Å². The first-order valence-electron chi connectivity index (χ1n) is 9.58. The van der Waals surface area contributed by atoms with Gasteiger partial charge in [0, 0.05) is 18.5 Å². The number of amides is 2. The minimum Gasteiger partial charge on any atom is -0.368 e. The number of hydrogen-bond acceptors (Lipinski definition) is 4. The molecule has 150 valence electrons. The second-order valence-electron chi connectivity index (χ2n) is 7.30. The standard InChI is InChI=1S/C22H21FN2O4/c23-16-8-6-14(7-9-16)12-17(24-21(27)15-4-2-1-3-5-15)22(28)25-11-10-19-20(25)18(26)13-29-19/h1-9,17,19-20H,10-13H2,(H,24,27). The van der Waals surface area contributed by atoms with Gasteiger partial charge in [-0.3, -0.25) is 14.4 Å². The second-order valence-corrected chi connectivity index (χ2v) is 7.30. The lowest BCUT2D eigenvalue weighted by atomic mass is 10.0. The van der Waals surface area contributed by atoms with Crippen LogP contribution < -0.4 is 5.32 Å². The SMILES string of the molecule is O=C(NC(Cc1ccc(F)cc1)C(=O)N1CCC2OCC(=O)C21)c1ccccc1. The molecule has 6 nitrogen and oxygen atoms in total. The Kier molecular flexibility index (Phi) is 5.40. The highest BCUT2D eigenvalue weighted by Crippen LogP contribution is 2.28. The molecule has 0 aliphatic carbocycles. The number of carbonyl (C=O) groups is 3. The minimum absolute atomic E-state index is 0.0120. The van der Waals surface area contributed by atoms with E-state index in [1.807, 2.05) is 0 Å². The van der Waals surface area contributed by atoms with Crippen LogP contribution in [0.2, 0.25) is 0 Å². The van der Waals surface area contributed by atoms with Crippen molar-refractivity contribution >= 4 is 17.6 Å². The summed E-state index contributed by atoms with van der Waals surface area (Å²) in [6, 6.07) is 12.9. The van der Waals surface area contributed by atoms with Crippen molar-refractivity contribution in [2.45, 2.75) is 31.0 Å². The van der Waals surface area contributed by atoms with Crippen LogP contribution in [0.15, 0.2) is 54.6 Å². The number of nitrogens with zero attached hydrogens (tertiary/aromatic N) is 1. The van der Waals surface area contributed by atoms with Gasteiger partial charge >= 0.3 is 0 Å². The summed E-state index contributed by atoms with van der Waals surface area (Å²) >= 11 is 0. The number of ether oxygens (including phenoxy) is 1. The molecule has 0 aromatic heterocycles. The fraction of sp³-hybridized carbons (Fsp3) is 0.318. The molecule has 2 aliphatic heterocycles. The van der Waals surface area contributed by atoms with Crippen molar-refractivity contribution in [2.24, 2.45) is 0 Å². The molecule has 7 heteroatoms. The van der Waals surface area contributed by atoms with Crippen LogP contribution in [0, 0.1) is 5.82 Å². The van der Waals surface area contributed by atoms with E-state index in [0.717, 1.165) is 0 Å². The molecule has 0 saturated carbocycles. The number of rotatable bonds is 5. The predicted octanol–water partition coefficient (Wildman–Crippen LogP) is 1.74. The van der Waals surface area contributed by atoms with Gasteiger partial charge in [0.25, 0.3) is 5.91 Å². The van der Waals surface area contributed by atoms with Crippen LogP contribution in [0.1, 0.15) is 22.3 Å². The number of hydrogen-bond donors (Lipinski definition) is 1. The van der Waals surface area contributed by atoms with Gasteiger partial charge in [-0.05, 0) is 36.2 Å². The van der Waals surface area contributed by atoms with Crippen LogP contribution in [0.3, 0.4) is 0 Å². The van der Waals surface area contributed by atoms with Crippen molar-refractivity contribution in [3.63, 3.8) is 0 Å². The first-order chi connectivity index (χ1) is 14.0. The summed E-state index contributed by atoms with van der Waals surface area (Å²) in [5.41, 5.74) is 1.15. The number of ketones is 1. The number of Topliss-reactive ketones (excluding diaryl/α,β-unsaturated/α-hetero) is 1. The molecule has 2 aromatic rings. The third kappa shape index (κ3) is 4.05. The van der Waals surface area contributed by atoms with Crippen LogP contribution in [0.25, 0.3) is 0 Å². The van der Waals surface area contributed by atoms with Crippen molar-refractivity contribution in [1.29, 1.82) is 0 Å². The molecular formula is C22H21FN2O4. The van der Waals surface area contributed by atoms with Gasteiger partial charge in [-0.25, -0.2) is 4.39 Å². The van der Waals surface area contributed by atoms with Gasteiger partial charge in [0.15, 0.2) is 5.78 Å². The normalized spacial score (nSPS) is 21.7. The van der Waals surface area contributed by atoms with Crippen molar-refractivity contribution in [3.8, 4) is 0 Å². The zero-order valence-electron chi connectivity index (χ0n) is 15.7. The van der Waals surface area contributed by atoms with Crippen molar-refractivity contribution in [1.82, 2.24) is 10.2 Å². The third-order valence-electron chi connectivity index (χ3n) is 5.39. The molecule has 4 rings (SSSR count). The number of fused-ring (bicyclic) bond motifs is 1. The molecule has 29 heavy (non-hydrogen) atoms. The van der Waals surface area contributed by atoms with Crippen LogP contribution in [0.5, 0.6) is 0 Å². The molecule has 3 unspecified atom stereocenters. The molecule has 0 bridgehead atoms. The maximum Gasteiger partial charge on any atom is 0.251 e. The average molecular weight is 396 g/mol. The zero-order chi connectivity index (χ0) is 20.4. The van der Waals surface area contributed by atoms with E-state index < -0.39 is 12.1 Å². The predicted molar refractivity (Wildman–Crippen MR) is 103 cm³/mol. The molecule has 2 saturated heterocycles. The Labute approximate surface area is 167 Å². The van der Waals surface area contributed by atoms with E-state index in [0.29, 0.717) is 24.1 Å². The monoisotopic (exact) mass is 396 g/mol. The molecule has 3 atom stereocenters. The molecule has 2 amide bonds. The Morgan fingerprint density at radius 2 is 1.86 bits per heavy atom. The van der Waals surface area contributed by atoms with Crippen LogP contribution in [-0.4, -0.2) is 53.8 Å². The highest BCUT2D eigenvalue weighted by Gasteiger charge is 2.48. The summed E-state index contributed by atoms with van der Waals surface area (Å²) in [6.07, 6.45) is 0.515. The average Bonchev–Trinajstić information content (AvgIpc) is 3.32. The van der Waals surface area contributed by atoms with Gasteiger partial charge in [-0.15, -0.1) is 0 Å². The van der Waals surface area contributed by atoms with Gasteiger partial charge < -0.3 is 15.0 Å². The molecule has 0 spiro atoms. The lowest BCUT2D eigenvalue weighted by molar-refractivity contribution is -0.138. The minimum atomic E-state index is -0.875. The van der Waals surface area contributed by atoms with E-state index in [9.17, 15) is 18.8 Å². The van der Waals surface area contributed by atoms with Gasteiger partial charge in [0.1, 0.15) is 24.5 Å². The van der Waals surface area contributed by atoms with Gasteiger partial charge in [0.2, 0.25) is 5.91 Å². The van der Waals surface area contributed by atoms with Gasteiger partial charge in [-0.1, -0.05) is 30.3 Å².